The Balaban J connectivity index is 1.39. The normalized spacial score (nSPS) is 15.2. The Bertz CT molecular complexity index is 684. The van der Waals surface area contributed by atoms with Gasteiger partial charge in [-0.3, -0.25) is 9.69 Å². The van der Waals surface area contributed by atoms with Gasteiger partial charge in [-0.15, -0.1) is 11.3 Å². The second-order valence-corrected chi connectivity index (χ2v) is 7.40. The summed E-state index contributed by atoms with van der Waals surface area (Å²) in [6.07, 6.45) is 1.13. The number of morpholine rings is 1. The largest absolute Gasteiger partial charge is 0.379 e. The number of benzene rings is 1. The van der Waals surface area contributed by atoms with Gasteiger partial charge in [-0.05, 0) is 24.1 Å². The molecule has 134 valence electrons. The number of rotatable bonds is 7. The molecular formula is C18H22ClN3O2S. The molecule has 2 heterocycles. The first-order valence-corrected chi connectivity index (χ1v) is 9.69. The lowest BCUT2D eigenvalue weighted by Crippen LogP contribution is -2.35. The van der Waals surface area contributed by atoms with Gasteiger partial charge in [0.1, 0.15) is 5.01 Å². The number of carbonyl (C=O) groups is 1. The highest BCUT2D eigenvalue weighted by Gasteiger charge is 2.13. The summed E-state index contributed by atoms with van der Waals surface area (Å²) in [6.45, 7) is 4.92. The minimum Gasteiger partial charge on any atom is -0.379 e. The van der Waals surface area contributed by atoms with Crippen LogP contribution in [0, 0.1) is 0 Å². The van der Waals surface area contributed by atoms with Crippen LogP contribution in [0.5, 0.6) is 0 Å². The molecule has 25 heavy (non-hydrogen) atoms. The third-order valence-electron chi connectivity index (χ3n) is 4.05. The van der Waals surface area contributed by atoms with Crippen molar-refractivity contribution in [2.45, 2.75) is 19.4 Å². The number of aromatic nitrogens is 1. The van der Waals surface area contributed by atoms with Crippen LogP contribution in [0.15, 0.2) is 29.6 Å². The van der Waals surface area contributed by atoms with E-state index >= 15 is 0 Å². The fraction of sp³-hybridized carbons (Fsp3) is 0.444. The van der Waals surface area contributed by atoms with Crippen LogP contribution in [-0.4, -0.2) is 48.6 Å². The van der Waals surface area contributed by atoms with Gasteiger partial charge in [-0.2, -0.15) is 0 Å². The number of nitrogens with one attached hydrogen (secondary N) is 1. The Hall–Kier alpha value is -1.47. The molecule has 1 fully saturated rings. The highest BCUT2D eigenvalue weighted by atomic mass is 35.5. The number of hydrogen-bond donors (Lipinski definition) is 1. The zero-order valence-corrected chi connectivity index (χ0v) is 15.6. The number of amides is 1. The standard InChI is InChI=1S/C18H22ClN3O2S/c19-15-3-1-14(2-4-15)5-6-20-17(23)11-16-13-25-18(21-16)12-22-7-9-24-10-8-22/h1-4,13H,5-12H2,(H,20,23). The topological polar surface area (TPSA) is 54.5 Å². The fourth-order valence-corrected chi connectivity index (χ4v) is 3.64. The molecule has 0 bridgehead atoms. The van der Waals surface area contributed by atoms with E-state index in [1.807, 2.05) is 29.6 Å². The van der Waals surface area contributed by atoms with Gasteiger partial charge in [0.25, 0.3) is 0 Å². The molecule has 0 atom stereocenters. The van der Waals surface area contributed by atoms with Crippen molar-refractivity contribution in [1.82, 2.24) is 15.2 Å². The van der Waals surface area contributed by atoms with Crippen LogP contribution in [0.1, 0.15) is 16.3 Å². The summed E-state index contributed by atoms with van der Waals surface area (Å²) in [5.41, 5.74) is 2.00. The Morgan fingerprint density at radius 1 is 1.28 bits per heavy atom. The molecule has 1 aromatic carbocycles. The van der Waals surface area contributed by atoms with Gasteiger partial charge in [-0.1, -0.05) is 23.7 Å². The van der Waals surface area contributed by atoms with Crippen LogP contribution in [-0.2, 0) is 28.9 Å². The molecule has 7 heteroatoms. The number of ether oxygens (including phenoxy) is 1. The van der Waals surface area contributed by atoms with E-state index in [9.17, 15) is 4.79 Å². The van der Waals surface area contributed by atoms with Crippen LogP contribution in [0.25, 0.3) is 0 Å². The number of carbonyl (C=O) groups excluding carboxylic acids is 1. The van der Waals surface area contributed by atoms with E-state index in [1.165, 1.54) is 0 Å². The first-order valence-electron chi connectivity index (χ1n) is 8.43. The predicted molar refractivity (Wildman–Crippen MR) is 100 cm³/mol. The third kappa shape index (κ3) is 6.08. The van der Waals surface area contributed by atoms with Crippen LogP contribution < -0.4 is 5.32 Å². The monoisotopic (exact) mass is 379 g/mol. The molecule has 1 saturated heterocycles. The number of hydrogen-bond acceptors (Lipinski definition) is 5. The zero-order chi connectivity index (χ0) is 17.5. The highest BCUT2D eigenvalue weighted by Crippen LogP contribution is 2.14. The molecule has 5 nitrogen and oxygen atoms in total. The molecule has 1 aliphatic heterocycles. The van der Waals surface area contributed by atoms with Crippen molar-refractivity contribution in [2.24, 2.45) is 0 Å². The molecule has 3 rings (SSSR count). The van der Waals surface area contributed by atoms with Crippen LogP contribution in [0.4, 0.5) is 0 Å². The van der Waals surface area contributed by atoms with Gasteiger partial charge in [0.05, 0.1) is 31.9 Å². The molecule has 1 aromatic heterocycles. The molecule has 0 aliphatic carbocycles. The fourth-order valence-electron chi connectivity index (χ4n) is 2.68. The van der Waals surface area contributed by atoms with Gasteiger partial charge in [-0.25, -0.2) is 4.98 Å². The van der Waals surface area contributed by atoms with E-state index in [4.69, 9.17) is 16.3 Å². The first kappa shape index (κ1) is 18.3. The number of halogens is 1. The molecule has 1 N–H and O–H groups in total. The highest BCUT2D eigenvalue weighted by molar-refractivity contribution is 7.09. The van der Waals surface area contributed by atoms with Crippen LogP contribution >= 0.6 is 22.9 Å². The van der Waals surface area contributed by atoms with E-state index in [0.717, 1.165) is 60.6 Å². The summed E-state index contributed by atoms with van der Waals surface area (Å²) in [5, 5.41) is 6.72. The third-order valence-corrected chi connectivity index (χ3v) is 5.19. The molecule has 0 saturated carbocycles. The lowest BCUT2D eigenvalue weighted by Gasteiger charge is -2.25. The average Bonchev–Trinajstić information content (AvgIpc) is 3.04. The van der Waals surface area contributed by atoms with Crippen molar-refractivity contribution in [3.63, 3.8) is 0 Å². The molecule has 2 aromatic rings. The van der Waals surface area contributed by atoms with E-state index < -0.39 is 0 Å². The maximum Gasteiger partial charge on any atom is 0.226 e. The summed E-state index contributed by atoms with van der Waals surface area (Å²) >= 11 is 7.49. The maximum atomic E-state index is 12.1. The van der Waals surface area contributed by atoms with Gasteiger partial charge in [0.15, 0.2) is 0 Å². The van der Waals surface area contributed by atoms with Crippen molar-refractivity contribution < 1.29 is 9.53 Å². The van der Waals surface area contributed by atoms with Crippen LogP contribution in [0.2, 0.25) is 5.02 Å². The summed E-state index contributed by atoms with van der Waals surface area (Å²) in [6, 6.07) is 7.69. The number of nitrogens with zero attached hydrogens (tertiary/aromatic N) is 2. The summed E-state index contributed by atoms with van der Waals surface area (Å²) in [7, 11) is 0. The quantitative estimate of drug-likeness (QED) is 0.803. The van der Waals surface area contributed by atoms with Crippen molar-refractivity contribution in [3.05, 3.63) is 50.9 Å². The lowest BCUT2D eigenvalue weighted by atomic mass is 10.1. The minimum absolute atomic E-state index is 0.0113. The summed E-state index contributed by atoms with van der Waals surface area (Å²) in [4.78, 5) is 19.0. The van der Waals surface area contributed by atoms with E-state index in [2.05, 4.69) is 15.2 Å². The van der Waals surface area contributed by atoms with E-state index in [-0.39, 0.29) is 5.91 Å². The van der Waals surface area contributed by atoms with Gasteiger partial charge >= 0.3 is 0 Å². The smallest absolute Gasteiger partial charge is 0.226 e. The molecule has 1 amide bonds. The van der Waals surface area contributed by atoms with Crippen molar-refractivity contribution in [2.75, 3.05) is 32.8 Å². The Kier molecular flexibility index (Phi) is 6.81. The Labute approximate surface area is 157 Å². The van der Waals surface area contributed by atoms with E-state index in [0.29, 0.717) is 13.0 Å². The molecule has 0 spiro atoms. The Morgan fingerprint density at radius 2 is 2.04 bits per heavy atom. The van der Waals surface area contributed by atoms with Crippen molar-refractivity contribution in [3.8, 4) is 0 Å². The molecule has 0 unspecified atom stereocenters. The van der Waals surface area contributed by atoms with Gasteiger partial charge in [0, 0.05) is 30.0 Å². The molecule has 0 radical (unpaired) electrons. The van der Waals surface area contributed by atoms with Gasteiger partial charge in [0.2, 0.25) is 5.91 Å². The zero-order valence-electron chi connectivity index (χ0n) is 14.0. The van der Waals surface area contributed by atoms with Crippen molar-refractivity contribution >= 4 is 28.8 Å². The average molecular weight is 380 g/mol. The Morgan fingerprint density at radius 3 is 2.80 bits per heavy atom. The van der Waals surface area contributed by atoms with Crippen molar-refractivity contribution in [1.29, 1.82) is 0 Å². The molecule has 1 aliphatic rings. The predicted octanol–water partition coefficient (Wildman–Crippen LogP) is 2.53. The second-order valence-electron chi connectivity index (χ2n) is 6.02. The SMILES string of the molecule is O=C(Cc1csc(CN2CCOCC2)n1)NCCc1ccc(Cl)cc1. The summed E-state index contributed by atoms with van der Waals surface area (Å²) < 4.78 is 5.35. The number of thiazole rings is 1. The minimum atomic E-state index is 0.0113. The second kappa shape index (κ2) is 9.29. The van der Waals surface area contributed by atoms with Crippen LogP contribution in [0.3, 0.4) is 0 Å². The molecular weight excluding hydrogens is 358 g/mol. The van der Waals surface area contributed by atoms with E-state index in [1.54, 1.807) is 11.3 Å². The summed E-state index contributed by atoms with van der Waals surface area (Å²) in [5.74, 6) is 0.0113. The maximum absolute atomic E-state index is 12.1. The van der Waals surface area contributed by atoms with Gasteiger partial charge < -0.3 is 10.1 Å². The lowest BCUT2D eigenvalue weighted by molar-refractivity contribution is -0.120. The first-order chi connectivity index (χ1) is 12.2.